The molecule has 0 N–H and O–H groups in total. The molecular formula is C12H17NO2. The minimum Gasteiger partial charge on any atom is -0.497 e. The first-order valence-corrected chi connectivity index (χ1v) is 5.12. The molecule has 0 aliphatic carbocycles. The molecule has 1 atom stereocenters. The van der Waals surface area contributed by atoms with E-state index in [0.29, 0.717) is 0 Å². The Labute approximate surface area is 90.6 Å². The lowest BCUT2D eigenvalue weighted by Crippen LogP contribution is -2.31. The molecule has 1 aliphatic heterocycles. The molecule has 15 heavy (non-hydrogen) atoms. The molecule has 0 aromatic heterocycles. The van der Waals surface area contributed by atoms with E-state index in [9.17, 15) is 0 Å². The van der Waals surface area contributed by atoms with Crippen LogP contribution in [0.3, 0.4) is 0 Å². The number of methoxy groups -OCH3 is 2. The second kappa shape index (κ2) is 4.21. The third-order valence-electron chi connectivity index (χ3n) is 2.90. The topological polar surface area (TPSA) is 21.7 Å². The van der Waals surface area contributed by atoms with Crippen molar-refractivity contribution < 1.29 is 9.47 Å². The molecular weight excluding hydrogens is 190 g/mol. The van der Waals surface area contributed by atoms with Crippen LogP contribution in [0.25, 0.3) is 0 Å². The number of nitrogens with zero attached hydrogens (tertiary/aromatic N) is 1. The summed E-state index contributed by atoms with van der Waals surface area (Å²) in [5.74, 6) is 0.916. The van der Waals surface area contributed by atoms with Gasteiger partial charge in [-0.25, -0.2) is 0 Å². The Kier molecular flexibility index (Phi) is 2.93. The number of rotatable bonds is 2. The van der Waals surface area contributed by atoms with E-state index in [1.807, 2.05) is 6.07 Å². The van der Waals surface area contributed by atoms with Crippen LogP contribution in [0, 0.1) is 0 Å². The van der Waals surface area contributed by atoms with Crippen molar-refractivity contribution >= 4 is 0 Å². The summed E-state index contributed by atoms with van der Waals surface area (Å²) < 4.78 is 10.7. The molecule has 82 valence electrons. The molecule has 0 saturated heterocycles. The van der Waals surface area contributed by atoms with Crippen molar-refractivity contribution in [3.8, 4) is 5.75 Å². The van der Waals surface area contributed by atoms with E-state index in [0.717, 1.165) is 18.8 Å². The van der Waals surface area contributed by atoms with E-state index >= 15 is 0 Å². The van der Waals surface area contributed by atoms with E-state index < -0.39 is 0 Å². The molecule has 0 spiro atoms. The fourth-order valence-corrected chi connectivity index (χ4v) is 2.10. The Morgan fingerprint density at radius 3 is 2.80 bits per heavy atom. The maximum Gasteiger partial charge on any atom is 0.119 e. The summed E-state index contributed by atoms with van der Waals surface area (Å²) >= 11 is 0. The van der Waals surface area contributed by atoms with Gasteiger partial charge in [0.2, 0.25) is 0 Å². The molecule has 0 fully saturated rings. The van der Waals surface area contributed by atoms with E-state index in [1.54, 1.807) is 14.2 Å². The fourth-order valence-electron chi connectivity index (χ4n) is 2.10. The number of hydrogen-bond donors (Lipinski definition) is 0. The first-order chi connectivity index (χ1) is 7.24. The Bertz CT molecular complexity index is 351. The van der Waals surface area contributed by atoms with Gasteiger partial charge in [-0.05, 0) is 30.3 Å². The van der Waals surface area contributed by atoms with Gasteiger partial charge in [-0.1, -0.05) is 6.07 Å². The van der Waals surface area contributed by atoms with Crippen molar-refractivity contribution in [3.63, 3.8) is 0 Å². The summed E-state index contributed by atoms with van der Waals surface area (Å²) in [6.07, 6.45) is 0.185. The van der Waals surface area contributed by atoms with Crippen molar-refractivity contribution in [1.82, 2.24) is 4.90 Å². The number of benzene rings is 1. The van der Waals surface area contributed by atoms with Crippen LogP contribution in [-0.2, 0) is 11.3 Å². The average molecular weight is 207 g/mol. The third-order valence-corrected chi connectivity index (χ3v) is 2.90. The van der Waals surface area contributed by atoms with Gasteiger partial charge in [-0.3, -0.25) is 4.90 Å². The second-order valence-electron chi connectivity index (χ2n) is 3.99. The summed E-state index contributed by atoms with van der Waals surface area (Å²) in [4.78, 5) is 2.26. The van der Waals surface area contributed by atoms with Crippen molar-refractivity contribution in [3.05, 3.63) is 29.3 Å². The average Bonchev–Trinajstić information content (AvgIpc) is 2.26. The normalized spacial score (nSPS) is 21.1. The molecule has 1 heterocycles. The molecule has 0 saturated carbocycles. The number of likely N-dealkylation sites (N-methyl/N-ethyl adjacent to an activating group) is 1. The van der Waals surface area contributed by atoms with Gasteiger partial charge < -0.3 is 9.47 Å². The quantitative estimate of drug-likeness (QED) is 0.738. The predicted octanol–water partition coefficient (Wildman–Crippen LogP) is 1.83. The highest BCUT2D eigenvalue weighted by Gasteiger charge is 2.23. The SMILES string of the molecule is COc1ccc2c(c1)CN(C)C[C@H]2OC. The molecule has 1 aromatic rings. The number of fused-ring (bicyclic) bond motifs is 1. The lowest BCUT2D eigenvalue weighted by atomic mass is 9.97. The van der Waals surface area contributed by atoms with Gasteiger partial charge in [0.05, 0.1) is 13.2 Å². The Balaban J connectivity index is 2.37. The van der Waals surface area contributed by atoms with Crippen LogP contribution >= 0.6 is 0 Å². The standard InChI is InChI=1S/C12H17NO2/c1-13-7-9-6-10(14-2)4-5-11(9)12(8-13)15-3/h4-6,12H,7-8H2,1-3H3/t12-/m1/s1. The molecule has 2 rings (SSSR count). The lowest BCUT2D eigenvalue weighted by molar-refractivity contribution is 0.0577. The molecule has 3 heteroatoms. The second-order valence-corrected chi connectivity index (χ2v) is 3.99. The van der Waals surface area contributed by atoms with E-state index in [2.05, 4.69) is 24.1 Å². The van der Waals surface area contributed by atoms with Gasteiger partial charge in [0, 0.05) is 20.2 Å². The van der Waals surface area contributed by atoms with Crippen LogP contribution in [-0.4, -0.2) is 32.7 Å². The smallest absolute Gasteiger partial charge is 0.119 e. The fraction of sp³-hybridized carbons (Fsp3) is 0.500. The third kappa shape index (κ3) is 1.98. The molecule has 0 bridgehead atoms. The molecule has 0 radical (unpaired) electrons. The Morgan fingerprint density at radius 1 is 1.33 bits per heavy atom. The van der Waals surface area contributed by atoms with E-state index in [4.69, 9.17) is 9.47 Å². The first-order valence-electron chi connectivity index (χ1n) is 5.12. The highest BCUT2D eigenvalue weighted by atomic mass is 16.5. The largest absolute Gasteiger partial charge is 0.497 e. The van der Waals surface area contributed by atoms with Gasteiger partial charge in [0.25, 0.3) is 0 Å². The zero-order chi connectivity index (χ0) is 10.8. The number of ether oxygens (including phenoxy) is 2. The van der Waals surface area contributed by atoms with Gasteiger partial charge in [-0.15, -0.1) is 0 Å². The maximum atomic E-state index is 5.48. The zero-order valence-corrected chi connectivity index (χ0v) is 9.49. The minimum absolute atomic E-state index is 0.185. The van der Waals surface area contributed by atoms with Gasteiger partial charge >= 0.3 is 0 Å². The molecule has 1 aliphatic rings. The van der Waals surface area contributed by atoms with Gasteiger partial charge in [0.15, 0.2) is 0 Å². The molecule has 0 amide bonds. The minimum atomic E-state index is 0.185. The van der Waals surface area contributed by atoms with Crippen molar-refractivity contribution in [2.24, 2.45) is 0 Å². The number of hydrogen-bond acceptors (Lipinski definition) is 3. The summed E-state index contributed by atoms with van der Waals surface area (Å²) in [7, 11) is 5.56. The maximum absolute atomic E-state index is 5.48. The first kappa shape index (κ1) is 10.5. The summed E-state index contributed by atoms with van der Waals surface area (Å²) in [6.45, 7) is 1.92. The zero-order valence-electron chi connectivity index (χ0n) is 9.49. The molecule has 3 nitrogen and oxygen atoms in total. The Hall–Kier alpha value is -1.06. The van der Waals surface area contributed by atoms with Crippen LogP contribution in [0.1, 0.15) is 17.2 Å². The lowest BCUT2D eigenvalue weighted by Gasteiger charge is -2.31. The van der Waals surface area contributed by atoms with Gasteiger partial charge in [-0.2, -0.15) is 0 Å². The van der Waals surface area contributed by atoms with Crippen LogP contribution in [0.5, 0.6) is 5.75 Å². The van der Waals surface area contributed by atoms with Crippen LogP contribution in [0.2, 0.25) is 0 Å². The summed E-state index contributed by atoms with van der Waals surface area (Å²) in [5.41, 5.74) is 2.59. The van der Waals surface area contributed by atoms with Crippen molar-refractivity contribution in [1.29, 1.82) is 0 Å². The van der Waals surface area contributed by atoms with Crippen LogP contribution in [0.15, 0.2) is 18.2 Å². The van der Waals surface area contributed by atoms with E-state index in [-0.39, 0.29) is 6.10 Å². The highest BCUT2D eigenvalue weighted by Crippen LogP contribution is 2.30. The van der Waals surface area contributed by atoms with Crippen molar-refractivity contribution in [2.45, 2.75) is 12.6 Å². The van der Waals surface area contributed by atoms with Crippen LogP contribution < -0.4 is 4.74 Å². The summed E-state index contributed by atoms with van der Waals surface area (Å²) in [6, 6.07) is 6.20. The van der Waals surface area contributed by atoms with E-state index in [1.165, 1.54) is 11.1 Å². The Morgan fingerprint density at radius 2 is 2.13 bits per heavy atom. The van der Waals surface area contributed by atoms with Crippen molar-refractivity contribution in [2.75, 3.05) is 27.8 Å². The summed E-state index contributed by atoms with van der Waals surface area (Å²) in [5, 5.41) is 0. The monoisotopic (exact) mass is 207 g/mol. The molecule has 0 unspecified atom stereocenters. The molecule has 1 aromatic carbocycles. The van der Waals surface area contributed by atoms with Gasteiger partial charge in [0.1, 0.15) is 5.75 Å². The highest BCUT2D eigenvalue weighted by molar-refractivity contribution is 5.38. The predicted molar refractivity (Wildman–Crippen MR) is 59.1 cm³/mol. The van der Waals surface area contributed by atoms with Crippen LogP contribution in [0.4, 0.5) is 0 Å².